The average Bonchev–Trinajstić information content (AvgIpc) is 2.67. The van der Waals surface area contributed by atoms with Crippen LogP contribution in [0.15, 0.2) is 0 Å². The molecule has 0 spiro atoms. The van der Waals surface area contributed by atoms with Gasteiger partial charge in [0.05, 0.1) is 11.0 Å². The number of nitrogens with zero attached hydrogens (tertiary/aromatic N) is 2. The van der Waals surface area contributed by atoms with Crippen molar-refractivity contribution in [3.05, 3.63) is 0 Å². The Labute approximate surface area is 98.6 Å². The number of likely N-dealkylation sites (N-methyl/N-ethyl adjacent to an activating group) is 1. The molecule has 1 unspecified atom stereocenters. The maximum absolute atomic E-state index is 5.71. The van der Waals surface area contributed by atoms with Crippen molar-refractivity contribution in [2.75, 3.05) is 33.2 Å². The lowest BCUT2D eigenvalue weighted by molar-refractivity contribution is 0.235. The zero-order chi connectivity index (χ0) is 11.3. The third kappa shape index (κ3) is 4.05. The van der Waals surface area contributed by atoms with Crippen LogP contribution in [0.2, 0.25) is 0 Å². The van der Waals surface area contributed by atoms with Crippen molar-refractivity contribution in [1.29, 1.82) is 0 Å². The van der Waals surface area contributed by atoms with Gasteiger partial charge >= 0.3 is 0 Å². The largest absolute Gasteiger partial charge is 0.392 e. The van der Waals surface area contributed by atoms with Crippen molar-refractivity contribution in [2.45, 2.75) is 32.2 Å². The number of rotatable bonds is 6. The summed E-state index contributed by atoms with van der Waals surface area (Å²) < 4.78 is 0. The van der Waals surface area contributed by atoms with E-state index in [-0.39, 0.29) is 6.04 Å². The van der Waals surface area contributed by atoms with Crippen molar-refractivity contribution in [3.63, 3.8) is 0 Å². The molecule has 1 heterocycles. The van der Waals surface area contributed by atoms with Crippen molar-refractivity contribution in [1.82, 2.24) is 9.80 Å². The molecular weight excluding hydrogens is 206 g/mol. The van der Waals surface area contributed by atoms with Gasteiger partial charge in [-0.3, -0.25) is 4.90 Å². The molecule has 1 fully saturated rings. The quantitative estimate of drug-likeness (QED) is 0.691. The summed E-state index contributed by atoms with van der Waals surface area (Å²) in [6.45, 7) is 6.87. The molecule has 88 valence electrons. The number of likely N-dealkylation sites (tertiary alicyclic amines) is 1. The summed E-state index contributed by atoms with van der Waals surface area (Å²) in [6.07, 6.45) is 3.72. The Bertz CT molecular complexity index is 202. The average molecular weight is 229 g/mol. The van der Waals surface area contributed by atoms with E-state index in [2.05, 4.69) is 23.8 Å². The number of hydrogen-bond acceptors (Lipinski definition) is 3. The molecule has 0 radical (unpaired) electrons. The molecule has 0 aliphatic carbocycles. The highest BCUT2D eigenvalue weighted by molar-refractivity contribution is 7.80. The fourth-order valence-corrected chi connectivity index (χ4v) is 2.54. The molecule has 0 aromatic carbocycles. The summed E-state index contributed by atoms with van der Waals surface area (Å²) in [6, 6.07) is 0.266. The Balaban J connectivity index is 2.26. The third-order valence-electron chi connectivity index (χ3n) is 3.21. The Morgan fingerprint density at radius 3 is 2.53 bits per heavy atom. The van der Waals surface area contributed by atoms with Crippen LogP contribution in [0.5, 0.6) is 0 Å². The first kappa shape index (κ1) is 12.9. The fraction of sp³-hybridized carbons (Fsp3) is 0.909. The summed E-state index contributed by atoms with van der Waals surface area (Å²) in [5, 5.41) is 0. The van der Waals surface area contributed by atoms with Gasteiger partial charge in [-0.1, -0.05) is 19.1 Å². The van der Waals surface area contributed by atoms with E-state index >= 15 is 0 Å². The molecule has 0 aromatic heterocycles. The second-order valence-corrected chi connectivity index (χ2v) is 4.83. The van der Waals surface area contributed by atoms with Gasteiger partial charge in [0.15, 0.2) is 0 Å². The molecule has 2 N–H and O–H groups in total. The van der Waals surface area contributed by atoms with Gasteiger partial charge in [0, 0.05) is 13.1 Å². The van der Waals surface area contributed by atoms with Crippen LogP contribution in [0.25, 0.3) is 0 Å². The van der Waals surface area contributed by atoms with E-state index in [9.17, 15) is 0 Å². The highest BCUT2D eigenvalue weighted by atomic mass is 32.1. The topological polar surface area (TPSA) is 32.5 Å². The smallest absolute Gasteiger partial charge is 0.0901 e. The van der Waals surface area contributed by atoms with Crippen LogP contribution in [0.1, 0.15) is 26.2 Å². The van der Waals surface area contributed by atoms with E-state index in [0.717, 1.165) is 19.5 Å². The number of hydrogen-bond donors (Lipinski definition) is 1. The van der Waals surface area contributed by atoms with Crippen molar-refractivity contribution >= 4 is 17.2 Å². The lowest BCUT2D eigenvalue weighted by atomic mass is 10.2. The van der Waals surface area contributed by atoms with Crippen LogP contribution in [-0.2, 0) is 0 Å². The van der Waals surface area contributed by atoms with E-state index < -0.39 is 0 Å². The van der Waals surface area contributed by atoms with Gasteiger partial charge in [0.1, 0.15) is 0 Å². The van der Waals surface area contributed by atoms with Crippen LogP contribution >= 0.6 is 12.2 Å². The van der Waals surface area contributed by atoms with Gasteiger partial charge < -0.3 is 10.6 Å². The SMILES string of the molecule is CCC(C(N)=S)N(C)CCN1CCCC1. The van der Waals surface area contributed by atoms with Crippen LogP contribution < -0.4 is 5.73 Å². The van der Waals surface area contributed by atoms with Gasteiger partial charge in [-0.15, -0.1) is 0 Å². The molecule has 15 heavy (non-hydrogen) atoms. The first-order valence-corrected chi connectivity index (χ1v) is 6.28. The van der Waals surface area contributed by atoms with Crippen molar-refractivity contribution < 1.29 is 0 Å². The molecule has 1 saturated heterocycles. The maximum Gasteiger partial charge on any atom is 0.0901 e. The minimum atomic E-state index is 0.266. The van der Waals surface area contributed by atoms with Crippen molar-refractivity contribution in [2.24, 2.45) is 5.73 Å². The van der Waals surface area contributed by atoms with Gasteiger partial charge in [0.25, 0.3) is 0 Å². The minimum absolute atomic E-state index is 0.266. The van der Waals surface area contributed by atoms with Crippen LogP contribution in [0.3, 0.4) is 0 Å². The van der Waals surface area contributed by atoms with Crippen LogP contribution in [-0.4, -0.2) is 54.1 Å². The molecule has 1 atom stereocenters. The Kier molecular flexibility index (Phi) is 5.50. The second-order valence-electron chi connectivity index (χ2n) is 4.36. The highest BCUT2D eigenvalue weighted by Gasteiger charge is 2.17. The van der Waals surface area contributed by atoms with Crippen LogP contribution in [0, 0.1) is 0 Å². The summed E-state index contributed by atoms with van der Waals surface area (Å²) >= 11 is 5.06. The summed E-state index contributed by atoms with van der Waals surface area (Å²) in [7, 11) is 2.11. The molecule has 4 heteroatoms. The molecular formula is C11H23N3S. The van der Waals surface area contributed by atoms with E-state index in [1.54, 1.807) is 0 Å². The van der Waals surface area contributed by atoms with E-state index in [1.165, 1.54) is 25.9 Å². The van der Waals surface area contributed by atoms with E-state index in [4.69, 9.17) is 18.0 Å². The van der Waals surface area contributed by atoms with E-state index in [0.29, 0.717) is 4.99 Å². The van der Waals surface area contributed by atoms with Gasteiger partial charge in [0.2, 0.25) is 0 Å². The predicted molar refractivity (Wildman–Crippen MR) is 69.2 cm³/mol. The third-order valence-corrected chi connectivity index (χ3v) is 3.49. The Morgan fingerprint density at radius 1 is 1.47 bits per heavy atom. The zero-order valence-electron chi connectivity index (χ0n) is 9.91. The molecule has 1 aliphatic heterocycles. The van der Waals surface area contributed by atoms with Crippen LogP contribution in [0.4, 0.5) is 0 Å². The molecule has 0 bridgehead atoms. The lowest BCUT2D eigenvalue weighted by Gasteiger charge is -2.28. The normalized spacial score (nSPS) is 19.7. The summed E-state index contributed by atoms with van der Waals surface area (Å²) in [5.41, 5.74) is 5.71. The first-order valence-electron chi connectivity index (χ1n) is 5.87. The maximum atomic E-state index is 5.71. The van der Waals surface area contributed by atoms with Gasteiger partial charge in [-0.2, -0.15) is 0 Å². The minimum Gasteiger partial charge on any atom is -0.392 e. The molecule has 0 amide bonds. The Hall–Kier alpha value is -0.190. The zero-order valence-corrected chi connectivity index (χ0v) is 10.7. The first-order chi connectivity index (χ1) is 7.15. The highest BCUT2D eigenvalue weighted by Crippen LogP contribution is 2.08. The van der Waals surface area contributed by atoms with Crippen molar-refractivity contribution in [3.8, 4) is 0 Å². The molecule has 3 nitrogen and oxygen atoms in total. The van der Waals surface area contributed by atoms with Gasteiger partial charge in [-0.05, 0) is 39.4 Å². The Morgan fingerprint density at radius 2 is 2.07 bits per heavy atom. The summed E-state index contributed by atoms with van der Waals surface area (Å²) in [5.74, 6) is 0. The molecule has 0 aromatic rings. The fourth-order valence-electron chi connectivity index (χ4n) is 2.19. The molecule has 0 saturated carbocycles. The summed E-state index contributed by atoms with van der Waals surface area (Å²) in [4.78, 5) is 5.42. The monoisotopic (exact) mass is 229 g/mol. The molecule has 1 rings (SSSR count). The van der Waals surface area contributed by atoms with Gasteiger partial charge in [-0.25, -0.2) is 0 Å². The van der Waals surface area contributed by atoms with E-state index in [1.807, 2.05) is 0 Å². The lowest BCUT2D eigenvalue weighted by Crippen LogP contribution is -2.44. The number of thiocarbonyl (C=S) groups is 1. The predicted octanol–water partition coefficient (Wildman–Crippen LogP) is 1.08. The standard InChI is InChI=1S/C11H23N3S/c1-3-10(11(12)15)13(2)8-9-14-6-4-5-7-14/h10H,3-9H2,1-2H3,(H2,12,15). The number of nitrogens with two attached hydrogens (primary N) is 1. The molecule has 1 aliphatic rings. The second kappa shape index (κ2) is 6.40.